The molecule has 0 bridgehead atoms. The molecule has 0 unspecified atom stereocenters. The molecule has 0 spiro atoms. The first kappa shape index (κ1) is 21.5. The number of hydrogen-bond donors (Lipinski definition) is 2. The van der Waals surface area contributed by atoms with Crippen LogP contribution in [0.3, 0.4) is 0 Å². The third-order valence-corrected chi connectivity index (χ3v) is 4.35. The average Bonchev–Trinajstić information content (AvgIpc) is 2.67. The van der Waals surface area contributed by atoms with Crippen molar-refractivity contribution < 1.29 is 29.0 Å². The Morgan fingerprint density at radius 3 is 2.79 bits per heavy atom. The van der Waals surface area contributed by atoms with Crippen molar-refractivity contribution in [2.45, 2.75) is 45.6 Å². The summed E-state index contributed by atoms with van der Waals surface area (Å²) < 4.78 is 11.6. The molecule has 1 aromatic rings. The molecule has 1 aliphatic rings. The van der Waals surface area contributed by atoms with Gasteiger partial charge in [0.25, 0.3) is 0 Å². The Bertz CT molecular complexity index is 691. The van der Waals surface area contributed by atoms with Crippen molar-refractivity contribution >= 4 is 17.8 Å². The van der Waals surface area contributed by atoms with Crippen molar-refractivity contribution in [3.63, 3.8) is 0 Å². The molecule has 154 valence electrons. The van der Waals surface area contributed by atoms with Gasteiger partial charge in [-0.05, 0) is 32.3 Å². The molecule has 2 amide bonds. The highest BCUT2D eigenvalue weighted by molar-refractivity contribution is 5.86. The van der Waals surface area contributed by atoms with Gasteiger partial charge in [0.15, 0.2) is 11.5 Å². The lowest BCUT2D eigenvalue weighted by Gasteiger charge is -2.24. The van der Waals surface area contributed by atoms with E-state index >= 15 is 0 Å². The van der Waals surface area contributed by atoms with Crippen LogP contribution in [0.4, 0.5) is 0 Å². The number of nitrogens with one attached hydrogen (secondary N) is 1. The lowest BCUT2D eigenvalue weighted by molar-refractivity contribution is -0.142. The Morgan fingerprint density at radius 1 is 1.21 bits per heavy atom. The summed E-state index contributed by atoms with van der Waals surface area (Å²) in [6.07, 6.45) is 2.13. The molecule has 0 fully saturated rings. The van der Waals surface area contributed by atoms with Gasteiger partial charge in [0.05, 0.1) is 26.2 Å². The molecule has 2 N–H and O–H groups in total. The van der Waals surface area contributed by atoms with Gasteiger partial charge in [-0.1, -0.05) is 12.1 Å². The monoisotopic (exact) mass is 392 g/mol. The number of para-hydroxylation sites is 1. The third-order valence-electron chi connectivity index (χ3n) is 4.35. The van der Waals surface area contributed by atoms with E-state index in [0.717, 1.165) is 24.8 Å². The number of benzene rings is 1. The molecule has 0 radical (unpaired) electrons. The first-order valence-corrected chi connectivity index (χ1v) is 9.65. The van der Waals surface area contributed by atoms with Gasteiger partial charge in [0, 0.05) is 25.1 Å². The number of carboxylic acid groups (broad SMARTS) is 1. The standard InChI is InChI=1S/C20H28N2O6/c1-2-27-16-8-6-7-15-13-22(18(24)9-10-19(25)26)14-17(23)21-11-4-3-5-12-28-20(15)16/h6-8H,2-5,9-14H2,1H3,(H,21,23)(H,25,26). The maximum Gasteiger partial charge on any atom is 0.303 e. The van der Waals surface area contributed by atoms with Crippen LogP contribution in [0.25, 0.3) is 0 Å². The summed E-state index contributed by atoms with van der Waals surface area (Å²) in [5.41, 5.74) is 0.724. The van der Waals surface area contributed by atoms with E-state index in [2.05, 4.69) is 5.32 Å². The van der Waals surface area contributed by atoms with E-state index in [1.165, 1.54) is 4.90 Å². The molecule has 0 aromatic heterocycles. The number of ether oxygens (including phenoxy) is 2. The SMILES string of the molecule is CCOc1cccc2c1OCCCCCNC(=O)CN(C(=O)CCC(=O)O)C2. The summed E-state index contributed by atoms with van der Waals surface area (Å²) >= 11 is 0. The van der Waals surface area contributed by atoms with Gasteiger partial charge in [-0.3, -0.25) is 14.4 Å². The van der Waals surface area contributed by atoms with Crippen molar-refractivity contribution in [3.05, 3.63) is 23.8 Å². The van der Waals surface area contributed by atoms with Crippen LogP contribution in [-0.2, 0) is 20.9 Å². The maximum atomic E-state index is 12.6. The number of carbonyl (C=O) groups is 3. The summed E-state index contributed by atoms with van der Waals surface area (Å²) in [6, 6.07) is 5.45. The molecule has 1 aliphatic heterocycles. The van der Waals surface area contributed by atoms with Crippen LogP contribution < -0.4 is 14.8 Å². The first-order valence-electron chi connectivity index (χ1n) is 9.65. The highest BCUT2D eigenvalue weighted by Crippen LogP contribution is 2.33. The third kappa shape index (κ3) is 6.75. The van der Waals surface area contributed by atoms with Crippen LogP contribution in [-0.4, -0.2) is 54.1 Å². The normalized spacial score (nSPS) is 15.8. The summed E-state index contributed by atoms with van der Waals surface area (Å²) in [5, 5.41) is 11.7. The minimum atomic E-state index is -1.05. The molecule has 28 heavy (non-hydrogen) atoms. The molecule has 1 heterocycles. The van der Waals surface area contributed by atoms with Crippen molar-refractivity contribution in [1.82, 2.24) is 10.2 Å². The Balaban J connectivity index is 2.30. The molecular formula is C20H28N2O6. The van der Waals surface area contributed by atoms with Gasteiger partial charge in [0.1, 0.15) is 0 Å². The second kappa shape index (κ2) is 11.2. The van der Waals surface area contributed by atoms with Crippen LogP contribution in [0.2, 0.25) is 0 Å². The van der Waals surface area contributed by atoms with Crippen molar-refractivity contribution in [2.24, 2.45) is 0 Å². The Morgan fingerprint density at radius 2 is 2.04 bits per heavy atom. The number of hydrogen-bond acceptors (Lipinski definition) is 5. The number of rotatable bonds is 5. The maximum absolute atomic E-state index is 12.6. The smallest absolute Gasteiger partial charge is 0.303 e. The minimum absolute atomic E-state index is 0.128. The number of amides is 2. The van der Waals surface area contributed by atoms with E-state index in [0.29, 0.717) is 31.3 Å². The molecular weight excluding hydrogens is 364 g/mol. The quantitative estimate of drug-likeness (QED) is 0.794. The fourth-order valence-electron chi connectivity index (χ4n) is 2.96. The number of carboxylic acids is 1. The zero-order valence-electron chi connectivity index (χ0n) is 16.2. The molecule has 1 aromatic carbocycles. The van der Waals surface area contributed by atoms with E-state index in [1.54, 1.807) is 0 Å². The van der Waals surface area contributed by atoms with Crippen LogP contribution >= 0.6 is 0 Å². The van der Waals surface area contributed by atoms with Crippen LogP contribution in [0.5, 0.6) is 11.5 Å². The Hall–Kier alpha value is -2.77. The molecule has 2 rings (SSSR count). The first-order chi connectivity index (χ1) is 13.5. The Labute approximate surface area is 164 Å². The van der Waals surface area contributed by atoms with Crippen LogP contribution in [0.1, 0.15) is 44.6 Å². The van der Waals surface area contributed by atoms with Crippen LogP contribution in [0.15, 0.2) is 18.2 Å². The van der Waals surface area contributed by atoms with Gasteiger partial charge in [-0.15, -0.1) is 0 Å². The topological polar surface area (TPSA) is 105 Å². The summed E-state index contributed by atoms with van der Waals surface area (Å²) in [6.45, 7) is 3.42. The fraction of sp³-hybridized carbons (Fsp3) is 0.550. The number of fused-ring (bicyclic) bond motifs is 1. The second-order valence-electron chi connectivity index (χ2n) is 6.58. The summed E-state index contributed by atoms with van der Waals surface area (Å²) in [5.74, 6) is -0.533. The van der Waals surface area contributed by atoms with Gasteiger partial charge in [-0.2, -0.15) is 0 Å². The van der Waals surface area contributed by atoms with Crippen molar-refractivity contribution in [3.8, 4) is 11.5 Å². The Kier molecular flexibility index (Phi) is 8.58. The minimum Gasteiger partial charge on any atom is -0.490 e. The number of carbonyl (C=O) groups excluding carboxylic acids is 2. The van der Waals surface area contributed by atoms with E-state index in [9.17, 15) is 14.4 Å². The summed E-state index contributed by atoms with van der Waals surface area (Å²) in [4.78, 5) is 37.0. The van der Waals surface area contributed by atoms with E-state index < -0.39 is 5.97 Å². The van der Waals surface area contributed by atoms with E-state index in [1.807, 2.05) is 25.1 Å². The largest absolute Gasteiger partial charge is 0.490 e. The summed E-state index contributed by atoms with van der Waals surface area (Å²) in [7, 11) is 0. The van der Waals surface area contributed by atoms with Crippen molar-refractivity contribution in [1.29, 1.82) is 0 Å². The average molecular weight is 392 g/mol. The molecule has 0 aliphatic carbocycles. The zero-order valence-corrected chi connectivity index (χ0v) is 16.2. The van der Waals surface area contributed by atoms with Crippen LogP contribution in [0, 0.1) is 0 Å². The lowest BCUT2D eigenvalue weighted by Crippen LogP contribution is -2.40. The van der Waals surface area contributed by atoms with Gasteiger partial charge < -0.3 is 24.8 Å². The van der Waals surface area contributed by atoms with Gasteiger partial charge >= 0.3 is 5.97 Å². The number of aliphatic carboxylic acids is 1. The van der Waals surface area contributed by atoms with E-state index in [-0.39, 0.29) is 37.7 Å². The number of nitrogens with zero attached hydrogens (tertiary/aromatic N) is 1. The van der Waals surface area contributed by atoms with Gasteiger partial charge in [-0.25, -0.2) is 0 Å². The molecule has 0 saturated carbocycles. The fourth-order valence-corrected chi connectivity index (χ4v) is 2.96. The molecule has 8 heteroatoms. The highest BCUT2D eigenvalue weighted by Gasteiger charge is 2.22. The van der Waals surface area contributed by atoms with Crippen molar-refractivity contribution in [2.75, 3.05) is 26.3 Å². The second-order valence-corrected chi connectivity index (χ2v) is 6.58. The molecule has 0 saturated heterocycles. The van der Waals surface area contributed by atoms with Gasteiger partial charge in [0.2, 0.25) is 11.8 Å². The predicted octanol–water partition coefficient (Wildman–Crippen LogP) is 1.96. The zero-order chi connectivity index (χ0) is 20.4. The molecule has 8 nitrogen and oxygen atoms in total. The lowest BCUT2D eigenvalue weighted by atomic mass is 10.1. The highest BCUT2D eigenvalue weighted by atomic mass is 16.5. The van der Waals surface area contributed by atoms with E-state index in [4.69, 9.17) is 14.6 Å². The predicted molar refractivity (Wildman–Crippen MR) is 102 cm³/mol. The molecule has 0 atom stereocenters.